The van der Waals surface area contributed by atoms with Gasteiger partial charge in [0, 0.05) is 18.8 Å². The minimum absolute atomic E-state index is 0.0613. The number of likely N-dealkylation sites (tertiary alicyclic amines) is 1. The summed E-state index contributed by atoms with van der Waals surface area (Å²) in [6.07, 6.45) is 3.05. The van der Waals surface area contributed by atoms with Crippen LogP contribution in [0.25, 0.3) is 0 Å². The molecule has 1 N–H and O–H groups in total. The van der Waals surface area contributed by atoms with E-state index < -0.39 is 0 Å². The predicted molar refractivity (Wildman–Crippen MR) is 86.2 cm³/mol. The lowest BCUT2D eigenvalue weighted by Gasteiger charge is -2.31. The standard InChI is InChI=1S/C17H25N3O/c1-13(2)9-11-20-10-5-7-15(12-20)17(21)19-16-8-4-6-14(3)18-16/h4,6,8,15H,1,5,7,9-12H2,2-3H3,(H,18,19,21)/t15-/m0/s1. The number of rotatable bonds is 5. The van der Waals surface area contributed by atoms with Crippen LogP contribution >= 0.6 is 0 Å². The summed E-state index contributed by atoms with van der Waals surface area (Å²) in [5.74, 6) is 0.804. The third kappa shape index (κ3) is 4.97. The molecule has 0 saturated carbocycles. The van der Waals surface area contributed by atoms with Crippen molar-refractivity contribution < 1.29 is 4.79 Å². The summed E-state index contributed by atoms with van der Waals surface area (Å²) in [4.78, 5) is 19.1. The van der Waals surface area contributed by atoms with Gasteiger partial charge < -0.3 is 10.2 Å². The van der Waals surface area contributed by atoms with E-state index in [-0.39, 0.29) is 11.8 Å². The number of carbonyl (C=O) groups excluding carboxylic acids is 1. The molecule has 1 atom stereocenters. The number of nitrogens with one attached hydrogen (secondary N) is 1. The zero-order valence-corrected chi connectivity index (χ0v) is 13.1. The summed E-state index contributed by atoms with van der Waals surface area (Å²) in [6.45, 7) is 10.8. The number of piperidine rings is 1. The molecular formula is C17H25N3O. The second kappa shape index (κ2) is 7.36. The Labute approximate surface area is 127 Å². The van der Waals surface area contributed by atoms with Gasteiger partial charge in [-0.05, 0) is 51.8 Å². The van der Waals surface area contributed by atoms with Gasteiger partial charge in [0.15, 0.2) is 0 Å². The quantitative estimate of drug-likeness (QED) is 0.847. The zero-order valence-electron chi connectivity index (χ0n) is 13.1. The monoisotopic (exact) mass is 287 g/mol. The number of nitrogens with zero attached hydrogens (tertiary/aromatic N) is 2. The Morgan fingerprint density at radius 1 is 1.52 bits per heavy atom. The third-order valence-corrected chi connectivity index (χ3v) is 3.87. The van der Waals surface area contributed by atoms with Crippen LogP contribution in [0.5, 0.6) is 0 Å². The van der Waals surface area contributed by atoms with Gasteiger partial charge in [-0.25, -0.2) is 4.98 Å². The molecule has 0 spiro atoms. The van der Waals surface area contributed by atoms with Crippen molar-refractivity contribution in [3.63, 3.8) is 0 Å². The molecule has 114 valence electrons. The van der Waals surface area contributed by atoms with Crippen molar-refractivity contribution in [1.82, 2.24) is 9.88 Å². The molecule has 2 rings (SSSR count). The maximum Gasteiger partial charge on any atom is 0.229 e. The SMILES string of the molecule is C=C(C)CCN1CCC[C@H](C(=O)Nc2cccc(C)n2)C1. The molecule has 4 nitrogen and oxygen atoms in total. The fourth-order valence-electron chi connectivity index (χ4n) is 2.66. The topological polar surface area (TPSA) is 45.2 Å². The second-order valence-electron chi connectivity index (χ2n) is 6.00. The highest BCUT2D eigenvalue weighted by Crippen LogP contribution is 2.19. The van der Waals surface area contributed by atoms with Crippen molar-refractivity contribution in [2.24, 2.45) is 5.92 Å². The lowest BCUT2D eigenvalue weighted by molar-refractivity contribution is -0.121. The minimum Gasteiger partial charge on any atom is -0.310 e. The molecule has 1 fully saturated rings. The Kier molecular flexibility index (Phi) is 5.51. The van der Waals surface area contributed by atoms with E-state index in [0.29, 0.717) is 5.82 Å². The minimum atomic E-state index is 0.0613. The first-order chi connectivity index (χ1) is 10.0. The van der Waals surface area contributed by atoms with E-state index in [0.717, 1.165) is 44.6 Å². The number of pyridine rings is 1. The van der Waals surface area contributed by atoms with Crippen molar-refractivity contribution >= 4 is 11.7 Å². The van der Waals surface area contributed by atoms with Crippen LogP contribution in [0, 0.1) is 12.8 Å². The molecule has 0 aromatic carbocycles. The van der Waals surface area contributed by atoms with E-state index in [1.165, 1.54) is 5.57 Å². The fourth-order valence-corrected chi connectivity index (χ4v) is 2.66. The summed E-state index contributed by atoms with van der Waals surface area (Å²) in [6, 6.07) is 5.68. The van der Waals surface area contributed by atoms with Gasteiger partial charge in [0.05, 0.1) is 5.92 Å². The Hall–Kier alpha value is -1.68. The Bertz CT molecular complexity index is 513. The van der Waals surface area contributed by atoms with Crippen LogP contribution in [0.4, 0.5) is 5.82 Å². The Morgan fingerprint density at radius 3 is 3.05 bits per heavy atom. The van der Waals surface area contributed by atoms with Crippen LogP contribution in [0.15, 0.2) is 30.4 Å². The smallest absolute Gasteiger partial charge is 0.229 e. The predicted octanol–water partition coefficient (Wildman–Crippen LogP) is 3.01. The van der Waals surface area contributed by atoms with Gasteiger partial charge in [-0.2, -0.15) is 0 Å². The van der Waals surface area contributed by atoms with Gasteiger partial charge in [0.1, 0.15) is 5.82 Å². The number of carbonyl (C=O) groups is 1. The molecular weight excluding hydrogens is 262 g/mol. The van der Waals surface area contributed by atoms with E-state index in [2.05, 4.69) is 28.7 Å². The van der Waals surface area contributed by atoms with Crippen LogP contribution in [-0.2, 0) is 4.79 Å². The van der Waals surface area contributed by atoms with E-state index in [4.69, 9.17) is 0 Å². The number of anilines is 1. The molecule has 1 saturated heterocycles. The molecule has 0 radical (unpaired) electrons. The third-order valence-electron chi connectivity index (χ3n) is 3.87. The molecule has 0 aliphatic carbocycles. The summed E-state index contributed by atoms with van der Waals surface area (Å²) in [5.41, 5.74) is 2.12. The van der Waals surface area contributed by atoms with Crippen LogP contribution in [0.1, 0.15) is 31.9 Å². The van der Waals surface area contributed by atoms with Crippen LogP contribution in [-0.4, -0.2) is 35.4 Å². The largest absolute Gasteiger partial charge is 0.310 e. The number of aryl methyl sites for hydroxylation is 1. The summed E-state index contributed by atoms with van der Waals surface area (Å²) in [7, 11) is 0. The molecule has 21 heavy (non-hydrogen) atoms. The van der Waals surface area contributed by atoms with Crippen molar-refractivity contribution in [2.45, 2.75) is 33.1 Å². The fraction of sp³-hybridized carbons (Fsp3) is 0.529. The maximum absolute atomic E-state index is 12.4. The highest BCUT2D eigenvalue weighted by Gasteiger charge is 2.25. The number of hydrogen-bond acceptors (Lipinski definition) is 3. The molecule has 4 heteroatoms. The molecule has 2 heterocycles. The first kappa shape index (κ1) is 15.7. The molecule has 0 bridgehead atoms. The van der Waals surface area contributed by atoms with Crippen LogP contribution in [0.2, 0.25) is 0 Å². The van der Waals surface area contributed by atoms with E-state index in [9.17, 15) is 4.79 Å². The van der Waals surface area contributed by atoms with Gasteiger partial charge in [0.2, 0.25) is 5.91 Å². The van der Waals surface area contributed by atoms with Crippen LogP contribution in [0.3, 0.4) is 0 Å². The lowest BCUT2D eigenvalue weighted by Crippen LogP contribution is -2.41. The normalized spacial score (nSPS) is 19.2. The van der Waals surface area contributed by atoms with Crippen molar-refractivity contribution in [3.05, 3.63) is 36.0 Å². The molecule has 1 aliphatic heterocycles. The van der Waals surface area contributed by atoms with E-state index in [1.807, 2.05) is 25.1 Å². The lowest BCUT2D eigenvalue weighted by atomic mass is 9.97. The van der Waals surface area contributed by atoms with Crippen molar-refractivity contribution in [1.29, 1.82) is 0 Å². The zero-order chi connectivity index (χ0) is 15.2. The summed E-state index contributed by atoms with van der Waals surface area (Å²) in [5, 5.41) is 2.94. The first-order valence-electron chi connectivity index (χ1n) is 7.66. The van der Waals surface area contributed by atoms with Crippen LogP contribution < -0.4 is 5.32 Å². The Balaban J connectivity index is 1.88. The van der Waals surface area contributed by atoms with Gasteiger partial charge in [-0.1, -0.05) is 11.6 Å². The van der Waals surface area contributed by atoms with Crippen molar-refractivity contribution in [3.8, 4) is 0 Å². The molecule has 1 aromatic rings. The second-order valence-corrected chi connectivity index (χ2v) is 6.00. The van der Waals surface area contributed by atoms with Gasteiger partial charge >= 0.3 is 0 Å². The first-order valence-corrected chi connectivity index (χ1v) is 7.66. The summed E-state index contributed by atoms with van der Waals surface area (Å²) < 4.78 is 0. The number of aromatic nitrogens is 1. The van der Waals surface area contributed by atoms with Gasteiger partial charge in [-0.15, -0.1) is 6.58 Å². The molecule has 1 aliphatic rings. The number of amides is 1. The van der Waals surface area contributed by atoms with Crippen molar-refractivity contribution in [2.75, 3.05) is 25.0 Å². The Morgan fingerprint density at radius 2 is 2.33 bits per heavy atom. The molecule has 1 amide bonds. The summed E-state index contributed by atoms with van der Waals surface area (Å²) >= 11 is 0. The van der Waals surface area contributed by atoms with E-state index in [1.54, 1.807) is 0 Å². The number of hydrogen-bond donors (Lipinski definition) is 1. The van der Waals surface area contributed by atoms with Gasteiger partial charge in [-0.3, -0.25) is 4.79 Å². The maximum atomic E-state index is 12.4. The highest BCUT2D eigenvalue weighted by atomic mass is 16.2. The highest BCUT2D eigenvalue weighted by molar-refractivity contribution is 5.91. The average molecular weight is 287 g/mol. The van der Waals surface area contributed by atoms with E-state index >= 15 is 0 Å². The van der Waals surface area contributed by atoms with Gasteiger partial charge in [0.25, 0.3) is 0 Å². The molecule has 0 unspecified atom stereocenters. The average Bonchev–Trinajstić information content (AvgIpc) is 2.45. The molecule has 1 aromatic heterocycles.